The third kappa shape index (κ3) is 5.20. The van der Waals surface area contributed by atoms with Gasteiger partial charge in [0.2, 0.25) is 5.91 Å². The van der Waals surface area contributed by atoms with Gasteiger partial charge in [0, 0.05) is 18.2 Å². The highest BCUT2D eigenvalue weighted by molar-refractivity contribution is 5.92. The fourth-order valence-corrected chi connectivity index (χ4v) is 3.23. The predicted octanol–water partition coefficient (Wildman–Crippen LogP) is 4.10. The number of benzene rings is 2. The van der Waals surface area contributed by atoms with E-state index in [4.69, 9.17) is 4.74 Å². The van der Waals surface area contributed by atoms with Crippen LogP contribution >= 0.6 is 0 Å². The largest absolute Gasteiger partial charge is 0.490 e. The molecular weight excluding hydrogens is 324 g/mol. The zero-order valence-corrected chi connectivity index (χ0v) is 15.1. The van der Waals surface area contributed by atoms with Crippen molar-refractivity contribution >= 4 is 11.6 Å². The molecule has 0 unspecified atom stereocenters. The van der Waals surface area contributed by atoms with Gasteiger partial charge in [-0.2, -0.15) is 0 Å². The number of amides is 1. The van der Waals surface area contributed by atoms with Gasteiger partial charge in [-0.1, -0.05) is 43.0 Å². The lowest BCUT2D eigenvalue weighted by molar-refractivity contribution is -0.121. The highest BCUT2D eigenvalue weighted by Crippen LogP contribution is 2.22. The quantitative estimate of drug-likeness (QED) is 0.764. The number of rotatable bonds is 7. The molecule has 4 heteroatoms. The minimum absolute atomic E-state index is 0.0821. The van der Waals surface area contributed by atoms with Crippen molar-refractivity contribution in [1.82, 2.24) is 4.90 Å². The Labute approximate surface area is 155 Å². The first-order valence-corrected chi connectivity index (χ1v) is 9.15. The minimum atomic E-state index is 0.0821. The number of nitrogens with zero attached hydrogens (tertiary/aromatic N) is 1. The monoisotopic (exact) mass is 350 g/mol. The molecule has 0 saturated carbocycles. The van der Waals surface area contributed by atoms with E-state index in [2.05, 4.69) is 41.1 Å². The zero-order valence-electron chi connectivity index (χ0n) is 15.1. The number of carbonyl (C=O) groups is 1. The van der Waals surface area contributed by atoms with Crippen molar-refractivity contribution < 1.29 is 9.53 Å². The number of carbonyl (C=O) groups excluding carboxylic acids is 1. The van der Waals surface area contributed by atoms with E-state index in [-0.39, 0.29) is 11.8 Å². The van der Waals surface area contributed by atoms with Gasteiger partial charge < -0.3 is 10.1 Å². The molecule has 1 N–H and O–H groups in total. The van der Waals surface area contributed by atoms with E-state index >= 15 is 0 Å². The standard InChI is InChI=1S/C22H26N2O2/c1-2-16-26-21-10-8-20(9-11-21)23-22(25)19-12-14-24(15-13-19)17-18-6-4-3-5-7-18/h2-11,19H,1,12-17H2,(H,23,25). The van der Waals surface area contributed by atoms with Gasteiger partial charge in [0.05, 0.1) is 0 Å². The van der Waals surface area contributed by atoms with E-state index in [1.54, 1.807) is 6.08 Å². The Bertz CT molecular complexity index is 705. The molecule has 136 valence electrons. The van der Waals surface area contributed by atoms with Crippen LogP contribution in [0.4, 0.5) is 5.69 Å². The van der Waals surface area contributed by atoms with Gasteiger partial charge in [0.1, 0.15) is 12.4 Å². The second-order valence-corrected chi connectivity index (χ2v) is 6.65. The Morgan fingerprint density at radius 2 is 1.81 bits per heavy atom. The summed E-state index contributed by atoms with van der Waals surface area (Å²) >= 11 is 0. The predicted molar refractivity (Wildman–Crippen MR) is 105 cm³/mol. The van der Waals surface area contributed by atoms with E-state index in [0.29, 0.717) is 6.61 Å². The van der Waals surface area contributed by atoms with E-state index in [1.807, 2.05) is 30.3 Å². The maximum atomic E-state index is 12.5. The average molecular weight is 350 g/mol. The Balaban J connectivity index is 1.45. The number of ether oxygens (including phenoxy) is 1. The topological polar surface area (TPSA) is 41.6 Å². The van der Waals surface area contributed by atoms with Crippen LogP contribution in [-0.2, 0) is 11.3 Å². The summed E-state index contributed by atoms with van der Waals surface area (Å²) < 4.78 is 5.46. The van der Waals surface area contributed by atoms with Crippen molar-refractivity contribution in [1.29, 1.82) is 0 Å². The van der Waals surface area contributed by atoms with Crippen LogP contribution in [-0.4, -0.2) is 30.5 Å². The Hall–Kier alpha value is -2.59. The molecule has 1 aliphatic heterocycles. The molecule has 0 bridgehead atoms. The number of anilines is 1. The molecule has 1 fully saturated rings. The third-order valence-electron chi connectivity index (χ3n) is 4.70. The summed E-state index contributed by atoms with van der Waals surface area (Å²) in [6, 6.07) is 18.0. The maximum Gasteiger partial charge on any atom is 0.227 e. The molecule has 4 nitrogen and oxygen atoms in total. The van der Waals surface area contributed by atoms with Gasteiger partial charge in [0.25, 0.3) is 0 Å². The SMILES string of the molecule is C=CCOc1ccc(NC(=O)C2CCN(Cc3ccccc3)CC2)cc1. The molecule has 3 rings (SSSR count). The lowest BCUT2D eigenvalue weighted by Crippen LogP contribution is -2.37. The molecule has 0 spiro atoms. The number of hydrogen-bond donors (Lipinski definition) is 1. The summed E-state index contributed by atoms with van der Waals surface area (Å²) in [5, 5.41) is 3.03. The van der Waals surface area contributed by atoms with E-state index < -0.39 is 0 Å². The fourth-order valence-electron chi connectivity index (χ4n) is 3.23. The van der Waals surface area contributed by atoms with E-state index in [9.17, 15) is 4.79 Å². The van der Waals surface area contributed by atoms with Gasteiger partial charge in [-0.25, -0.2) is 0 Å². The third-order valence-corrected chi connectivity index (χ3v) is 4.70. The smallest absolute Gasteiger partial charge is 0.227 e. The Morgan fingerprint density at radius 3 is 2.46 bits per heavy atom. The van der Waals surface area contributed by atoms with Crippen LogP contribution in [0.2, 0.25) is 0 Å². The Morgan fingerprint density at radius 1 is 1.12 bits per heavy atom. The molecule has 2 aromatic rings. The van der Waals surface area contributed by atoms with Crippen LogP contribution in [0.25, 0.3) is 0 Å². The summed E-state index contributed by atoms with van der Waals surface area (Å²) in [5.41, 5.74) is 2.14. The first-order chi connectivity index (χ1) is 12.7. The first kappa shape index (κ1) is 18.2. The number of piperidine rings is 1. The summed E-state index contributed by atoms with van der Waals surface area (Å²) in [4.78, 5) is 14.9. The summed E-state index contributed by atoms with van der Waals surface area (Å²) in [6.45, 7) is 6.99. The molecule has 2 aromatic carbocycles. The van der Waals surface area contributed by atoms with Gasteiger partial charge in [-0.3, -0.25) is 9.69 Å². The van der Waals surface area contributed by atoms with Crippen molar-refractivity contribution in [3.63, 3.8) is 0 Å². The van der Waals surface area contributed by atoms with Crippen molar-refractivity contribution in [2.24, 2.45) is 5.92 Å². The molecule has 1 saturated heterocycles. The first-order valence-electron chi connectivity index (χ1n) is 9.15. The second-order valence-electron chi connectivity index (χ2n) is 6.65. The van der Waals surface area contributed by atoms with E-state index in [1.165, 1.54) is 5.56 Å². The summed E-state index contributed by atoms with van der Waals surface area (Å²) in [6.07, 6.45) is 3.51. The molecular formula is C22H26N2O2. The van der Waals surface area contributed by atoms with Crippen LogP contribution in [0.5, 0.6) is 5.75 Å². The van der Waals surface area contributed by atoms with Crippen molar-refractivity contribution in [2.45, 2.75) is 19.4 Å². The van der Waals surface area contributed by atoms with Crippen molar-refractivity contribution in [3.8, 4) is 5.75 Å². The maximum absolute atomic E-state index is 12.5. The molecule has 0 aliphatic carbocycles. The molecule has 26 heavy (non-hydrogen) atoms. The van der Waals surface area contributed by atoms with Crippen molar-refractivity contribution in [3.05, 3.63) is 72.8 Å². The van der Waals surface area contributed by atoms with Crippen LogP contribution in [0.15, 0.2) is 67.3 Å². The normalized spacial score (nSPS) is 15.4. The van der Waals surface area contributed by atoms with Crippen LogP contribution in [0.1, 0.15) is 18.4 Å². The summed E-state index contributed by atoms with van der Waals surface area (Å²) in [7, 11) is 0. The number of likely N-dealkylation sites (tertiary alicyclic amines) is 1. The number of hydrogen-bond acceptors (Lipinski definition) is 3. The molecule has 1 aliphatic rings. The zero-order chi connectivity index (χ0) is 18.2. The van der Waals surface area contributed by atoms with Gasteiger partial charge in [0.15, 0.2) is 0 Å². The minimum Gasteiger partial charge on any atom is -0.490 e. The second kappa shape index (κ2) is 9.20. The number of nitrogens with one attached hydrogen (secondary N) is 1. The van der Waals surface area contributed by atoms with Crippen LogP contribution in [0.3, 0.4) is 0 Å². The van der Waals surface area contributed by atoms with Crippen molar-refractivity contribution in [2.75, 3.05) is 25.0 Å². The van der Waals surface area contributed by atoms with Crippen LogP contribution in [0, 0.1) is 5.92 Å². The molecule has 0 aromatic heterocycles. The fraction of sp³-hybridized carbons (Fsp3) is 0.318. The molecule has 0 radical (unpaired) electrons. The lowest BCUT2D eigenvalue weighted by Gasteiger charge is -2.31. The van der Waals surface area contributed by atoms with Gasteiger partial charge in [-0.15, -0.1) is 0 Å². The van der Waals surface area contributed by atoms with E-state index in [0.717, 1.165) is 43.9 Å². The highest BCUT2D eigenvalue weighted by Gasteiger charge is 2.25. The average Bonchev–Trinajstić information content (AvgIpc) is 2.69. The lowest BCUT2D eigenvalue weighted by atomic mass is 9.95. The molecule has 1 heterocycles. The molecule has 1 amide bonds. The molecule has 0 atom stereocenters. The van der Waals surface area contributed by atoms with Gasteiger partial charge >= 0.3 is 0 Å². The van der Waals surface area contributed by atoms with Gasteiger partial charge in [-0.05, 0) is 55.8 Å². The Kier molecular flexibility index (Phi) is 6.45. The van der Waals surface area contributed by atoms with Crippen LogP contribution < -0.4 is 10.1 Å². The summed E-state index contributed by atoms with van der Waals surface area (Å²) in [5.74, 6) is 0.972. The highest BCUT2D eigenvalue weighted by atomic mass is 16.5.